The van der Waals surface area contributed by atoms with E-state index in [1.807, 2.05) is 137 Å². The van der Waals surface area contributed by atoms with E-state index in [1.165, 1.54) is 52.8 Å². The Hall–Kier alpha value is -12.8. The average molecular weight is 2000 g/mol. The highest BCUT2D eigenvalue weighted by atomic mass is 35.5. The number of rotatable bonds is 29. The minimum absolute atomic E-state index is 0.115. The number of nitrogen functional groups attached to an aromatic ring is 5. The molecule has 704 valence electrons. The van der Waals surface area contributed by atoms with E-state index in [1.54, 1.807) is 72.0 Å². The zero-order valence-corrected chi connectivity index (χ0v) is 83.2. The van der Waals surface area contributed by atoms with Gasteiger partial charge in [0.15, 0.2) is 11.6 Å². The SMILES string of the molecule is CN(C)S(=O)(=O)c1ccc(CCNc2cc(-c3cccc(Cl)c3Cl)nc(N)n2)cc1.Cc1c(Cl)cccc1-c1cc(NCCc2ccc(S(=O)(=O)N(C)C)cc2)nc(N)n1.Cc1cccc(-c2cc(CCc3cnc(-c4ccccc4)s3)nc(N)n2)c1C.Cc1nc(CCCc2cc(-c3cccc(Cl)c3C)nc(N)n2)n[nH]1.Cc1nc(CCCc2cc(-c3cccc(Cl)c3Cl)nc(N)n2)n[nH]1. The highest BCUT2D eigenvalue weighted by Gasteiger charge is 2.22. The Morgan fingerprint density at radius 1 is 0.360 bits per heavy atom. The number of aryl methyl sites for hydroxylation is 9. The number of anilines is 7. The fourth-order valence-electron chi connectivity index (χ4n) is 13.9. The zero-order chi connectivity index (χ0) is 97.5. The Morgan fingerprint density at radius 2 is 0.721 bits per heavy atom. The molecule has 16 aromatic rings. The number of hydrogen-bond donors (Lipinski definition) is 9. The highest BCUT2D eigenvalue weighted by molar-refractivity contribution is 7.89. The molecule has 0 spiro atoms. The van der Waals surface area contributed by atoms with Crippen LogP contribution in [0.5, 0.6) is 0 Å². The number of nitrogens with one attached hydrogen (secondary N) is 4. The van der Waals surface area contributed by atoms with Gasteiger partial charge in [-0.3, -0.25) is 10.2 Å². The molecule has 0 saturated carbocycles. The van der Waals surface area contributed by atoms with E-state index in [2.05, 4.69) is 146 Å². The lowest BCUT2D eigenvalue weighted by molar-refractivity contribution is 0.519. The van der Waals surface area contributed by atoms with Crippen molar-refractivity contribution in [3.63, 3.8) is 0 Å². The molecule has 8 aromatic heterocycles. The van der Waals surface area contributed by atoms with Gasteiger partial charge in [0, 0.05) is 138 Å². The predicted molar refractivity (Wildman–Crippen MR) is 549 cm³/mol. The monoisotopic (exact) mass is 2000 g/mol. The molecule has 0 fully saturated rings. The van der Waals surface area contributed by atoms with Crippen molar-refractivity contribution in [1.29, 1.82) is 0 Å². The molecule has 0 saturated heterocycles. The summed E-state index contributed by atoms with van der Waals surface area (Å²) in [6.45, 7) is 13.1. The molecule has 136 heavy (non-hydrogen) atoms. The summed E-state index contributed by atoms with van der Waals surface area (Å²) in [6.07, 6.45) is 9.84. The molecule has 0 atom stereocenters. The van der Waals surface area contributed by atoms with Gasteiger partial charge in [-0.2, -0.15) is 20.2 Å². The van der Waals surface area contributed by atoms with Gasteiger partial charge in [0.2, 0.25) is 49.8 Å². The molecule has 30 nitrogen and oxygen atoms in total. The quantitative estimate of drug-likeness (QED) is 0.0210. The molecule has 0 aliphatic heterocycles. The maximum absolute atomic E-state index is 12.1. The van der Waals surface area contributed by atoms with Crippen LogP contribution in [-0.2, 0) is 71.4 Å². The minimum Gasteiger partial charge on any atom is -0.370 e. The van der Waals surface area contributed by atoms with Crippen LogP contribution in [0.2, 0.25) is 30.1 Å². The summed E-state index contributed by atoms with van der Waals surface area (Å²) in [7, 11) is -0.817. The third-order valence-electron chi connectivity index (χ3n) is 21.3. The number of H-pyrrole nitrogens is 2. The van der Waals surface area contributed by atoms with Gasteiger partial charge in [0.1, 0.15) is 28.3 Å². The Kier molecular flexibility index (Phi) is 35.8. The van der Waals surface area contributed by atoms with E-state index >= 15 is 0 Å². The summed E-state index contributed by atoms with van der Waals surface area (Å²) < 4.78 is 51.0. The van der Waals surface area contributed by atoms with E-state index in [0.717, 1.165) is 158 Å². The molecule has 39 heteroatoms. The van der Waals surface area contributed by atoms with E-state index in [4.69, 9.17) is 98.3 Å². The first-order valence-corrected chi connectivity index (χ1v) is 48.9. The number of nitrogens with two attached hydrogens (primary N) is 5. The van der Waals surface area contributed by atoms with E-state index < -0.39 is 20.0 Å². The minimum atomic E-state index is -3.43. The van der Waals surface area contributed by atoms with Crippen LogP contribution in [0.1, 0.15) is 91.5 Å². The normalized spacial score (nSPS) is 11.2. The predicted octanol–water partition coefficient (Wildman–Crippen LogP) is 19.7. The van der Waals surface area contributed by atoms with Crippen LogP contribution >= 0.6 is 80.9 Å². The van der Waals surface area contributed by atoms with Crippen molar-refractivity contribution in [2.75, 3.05) is 80.6 Å². The zero-order valence-electron chi connectivity index (χ0n) is 76.2. The summed E-state index contributed by atoms with van der Waals surface area (Å²) in [5.41, 5.74) is 47.7. The topological polar surface area (TPSA) is 454 Å². The van der Waals surface area contributed by atoms with Gasteiger partial charge in [-0.05, 0) is 193 Å². The summed E-state index contributed by atoms with van der Waals surface area (Å²) >= 11 is 38.9. The summed E-state index contributed by atoms with van der Waals surface area (Å²) in [4.78, 5) is 58.1. The first-order valence-electron chi connectivity index (χ1n) is 42.9. The fraction of sp³-hybridized carbons (Fsp3) is 0.227. The second kappa shape index (κ2) is 47.6. The fourth-order valence-corrected chi connectivity index (χ4v) is 17.8. The molecule has 0 radical (unpaired) electrons. The molecule has 8 heterocycles. The van der Waals surface area contributed by atoms with Crippen molar-refractivity contribution in [3.05, 3.63) is 315 Å². The van der Waals surface area contributed by atoms with Crippen LogP contribution in [0.15, 0.2) is 216 Å². The Bertz CT molecular complexity index is 6730. The van der Waals surface area contributed by atoms with Crippen molar-refractivity contribution in [2.45, 2.75) is 116 Å². The molecule has 8 aromatic carbocycles. The summed E-state index contributed by atoms with van der Waals surface area (Å²) in [5, 5.41) is 24.6. The van der Waals surface area contributed by atoms with Crippen LogP contribution in [0, 0.1) is 41.5 Å². The van der Waals surface area contributed by atoms with Crippen LogP contribution in [0.25, 0.3) is 66.9 Å². The lowest BCUT2D eigenvalue weighted by atomic mass is 10.00. The van der Waals surface area contributed by atoms with Crippen LogP contribution in [0.3, 0.4) is 0 Å². The van der Waals surface area contributed by atoms with Gasteiger partial charge in [-0.25, -0.2) is 80.3 Å². The second-order valence-electron chi connectivity index (χ2n) is 31.7. The molecule has 16 rings (SSSR count). The third kappa shape index (κ3) is 28.2. The van der Waals surface area contributed by atoms with Gasteiger partial charge in [0.05, 0.1) is 58.4 Å². The number of aromatic nitrogens is 17. The molecule has 0 unspecified atom stereocenters. The van der Waals surface area contributed by atoms with E-state index in [-0.39, 0.29) is 33.6 Å². The number of halogens is 6. The van der Waals surface area contributed by atoms with Crippen molar-refractivity contribution >= 4 is 142 Å². The van der Waals surface area contributed by atoms with Crippen molar-refractivity contribution in [2.24, 2.45) is 0 Å². The Labute approximate surface area is 824 Å². The number of hydrogen-bond acceptors (Lipinski definition) is 27. The van der Waals surface area contributed by atoms with Gasteiger partial charge < -0.3 is 39.3 Å². The van der Waals surface area contributed by atoms with Crippen LogP contribution < -0.4 is 39.3 Å². The molecule has 0 aliphatic rings. The molecule has 14 N–H and O–H groups in total. The largest absolute Gasteiger partial charge is 0.370 e. The van der Waals surface area contributed by atoms with Crippen molar-refractivity contribution in [1.82, 2.24) is 93.8 Å². The number of thiazole rings is 1. The van der Waals surface area contributed by atoms with Crippen molar-refractivity contribution in [3.8, 4) is 66.9 Å². The average Bonchev–Trinajstić information content (AvgIpc) is 1.54. The van der Waals surface area contributed by atoms with Gasteiger partial charge in [-0.1, -0.05) is 191 Å². The maximum Gasteiger partial charge on any atom is 0.242 e. The van der Waals surface area contributed by atoms with E-state index in [9.17, 15) is 16.8 Å². The lowest BCUT2D eigenvalue weighted by Gasteiger charge is -2.12. The summed E-state index contributed by atoms with van der Waals surface area (Å²) in [6, 6.07) is 61.8. The first-order chi connectivity index (χ1) is 65.0. The highest BCUT2D eigenvalue weighted by Crippen LogP contribution is 2.37. The van der Waals surface area contributed by atoms with Crippen LogP contribution in [0.4, 0.5) is 41.4 Å². The smallest absolute Gasteiger partial charge is 0.242 e. The maximum atomic E-state index is 12.1. The standard InChI is InChI=1S/C23H22N4S.C21H24ClN5O2S.C20H21Cl2N5O2S.C17H19ClN6.C16H16Cl2N6/c1-15-7-6-10-20(16(15)2)21-13-18(26-23(24)27-21)11-12-19-14-25-22(28-19)17-8-4-3-5-9-17;1-14-17(5-4-6-18(14)22)19-13-20(26-21(23)25-19)24-12-11-15-7-9-16(10-8-15)30(28,29)27(2)3;1-27(2)30(28,29)14-8-6-13(7-9-14)10-11-24-18-12-17(25-20(23)26-18)15-4-3-5-16(21)19(15)22;1-10-13(6-4-7-14(10)18)15-9-12(21-17(19)22-15)5-3-8-16-20-11(2)23-24-16;1-9-20-14(24-23-9)7-2-4-10-8-13(22-16(19)21-10)11-5-3-6-12(17)15(11)18/h3-10,13-14H,11-12H2,1-2H3,(H2,24,26,27);4-10,13H,11-12H2,1-3H3,(H3,23,24,25,26);3-9,12H,10-11H2,1-2H3,(H3,23,24,25,26);4,6-7,9H,3,5,8H2,1-2H3,(H2,19,21,22)(H,20,23,24);3,5-6,8H,2,4,7H2,1H3,(H2,19,21,22)(H,20,23,24). The number of sulfonamides is 2. The molecular weight excluding hydrogens is 1900 g/mol. The Morgan fingerprint density at radius 3 is 1.12 bits per heavy atom. The van der Waals surface area contributed by atoms with Crippen LogP contribution in [-0.4, -0.2) is 152 Å². The number of nitrogens with zero attached hydrogens (tertiary/aromatic N) is 17. The Balaban J connectivity index is 0.000000153. The molecule has 0 aliphatic carbocycles. The van der Waals surface area contributed by atoms with Gasteiger partial charge in [0.25, 0.3) is 0 Å². The summed E-state index contributed by atoms with van der Waals surface area (Å²) in [5.74, 6) is 5.53. The van der Waals surface area contributed by atoms with Crippen molar-refractivity contribution < 1.29 is 16.8 Å². The molecule has 0 bridgehead atoms. The van der Waals surface area contributed by atoms with E-state index in [0.29, 0.717) is 96.3 Å². The molecular formula is C97H102Cl6N26O4S3. The first kappa shape index (κ1) is 102. The number of aromatic amines is 2. The number of benzene rings is 8. The van der Waals surface area contributed by atoms with Gasteiger partial charge >= 0.3 is 0 Å². The lowest BCUT2D eigenvalue weighted by Crippen LogP contribution is -2.22. The third-order valence-corrected chi connectivity index (χ3v) is 28.5. The van der Waals surface area contributed by atoms with Gasteiger partial charge in [-0.15, -0.1) is 11.3 Å². The molecule has 0 amide bonds. The second-order valence-corrected chi connectivity index (χ2v) is 39.5.